The number of nitrogens with one attached hydrogen (secondary N) is 1. The molecule has 0 aliphatic carbocycles. The Morgan fingerprint density at radius 3 is 2.62 bits per heavy atom. The fourth-order valence-electron chi connectivity index (χ4n) is 1.35. The summed E-state index contributed by atoms with van der Waals surface area (Å²) in [7, 11) is -3.13. The van der Waals surface area contributed by atoms with E-state index < -0.39 is 9.84 Å². The fourth-order valence-corrected chi connectivity index (χ4v) is 2.00. The molecule has 0 saturated carbocycles. The number of fused-ring (bicyclic) bond motifs is 1. The van der Waals surface area contributed by atoms with Gasteiger partial charge in [-0.1, -0.05) is 13.8 Å². The minimum atomic E-state index is -3.13. The quantitative estimate of drug-likeness (QED) is 0.818. The van der Waals surface area contributed by atoms with Crippen LogP contribution in [0, 0.1) is 0 Å². The number of ether oxygens (including phenoxy) is 1. The Morgan fingerprint density at radius 1 is 1.31 bits per heavy atom. The topological polar surface area (TPSA) is 55.4 Å². The van der Waals surface area contributed by atoms with Gasteiger partial charge in [0.25, 0.3) is 0 Å². The number of anilines is 1. The third-order valence-electron chi connectivity index (χ3n) is 2.05. The summed E-state index contributed by atoms with van der Waals surface area (Å²) in [6.45, 7) is 5.32. The molecule has 0 bridgehead atoms. The normalized spacial score (nSPS) is 13.7. The standard InChI is InChI=1S/C9H11NO3S.C2H6/c1-14(11,12)7-2-3-9-8(6-7)10-4-5-13-9;1-2/h2-3,6,10H,4-5H2,1H3;1-2H3. The molecular weight excluding hydrogens is 226 g/mol. The summed E-state index contributed by atoms with van der Waals surface area (Å²) in [5.41, 5.74) is 0.749. The monoisotopic (exact) mass is 243 g/mol. The van der Waals surface area contributed by atoms with E-state index in [1.165, 1.54) is 6.26 Å². The Kier molecular flexibility index (Phi) is 4.18. The summed E-state index contributed by atoms with van der Waals surface area (Å²) < 4.78 is 27.8. The lowest BCUT2D eigenvalue weighted by Crippen LogP contribution is -2.18. The van der Waals surface area contributed by atoms with Gasteiger partial charge in [0.2, 0.25) is 0 Å². The molecule has 0 amide bonds. The molecule has 0 aromatic heterocycles. The van der Waals surface area contributed by atoms with Crippen LogP contribution >= 0.6 is 0 Å². The Bertz CT molecular complexity index is 454. The molecular formula is C11H17NO3S. The average Bonchev–Trinajstić information content (AvgIpc) is 2.30. The Morgan fingerprint density at radius 2 is 2.00 bits per heavy atom. The smallest absolute Gasteiger partial charge is 0.175 e. The van der Waals surface area contributed by atoms with E-state index in [4.69, 9.17) is 4.74 Å². The minimum absolute atomic E-state index is 0.314. The maximum Gasteiger partial charge on any atom is 0.175 e. The summed E-state index contributed by atoms with van der Waals surface area (Å²) >= 11 is 0. The first-order chi connectivity index (χ1) is 7.57. The lowest BCUT2D eigenvalue weighted by Gasteiger charge is -2.19. The van der Waals surface area contributed by atoms with Crippen molar-refractivity contribution in [2.24, 2.45) is 0 Å². The Labute approximate surface area is 96.5 Å². The average molecular weight is 243 g/mol. The van der Waals surface area contributed by atoms with Crippen molar-refractivity contribution in [3.05, 3.63) is 18.2 Å². The minimum Gasteiger partial charge on any atom is -0.490 e. The highest BCUT2D eigenvalue weighted by Crippen LogP contribution is 2.29. The second-order valence-electron chi connectivity index (χ2n) is 3.21. The van der Waals surface area contributed by atoms with Crippen LogP contribution in [-0.4, -0.2) is 27.8 Å². The molecule has 1 aromatic carbocycles. The lowest BCUT2D eigenvalue weighted by molar-refractivity contribution is 0.323. The van der Waals surface area contributed by atoms with E-state index in [1.54, 1.807) is 18.2 Å². The molecule has 0 unspecified atom stereocenters. The van der Waals surface area contributed by atoms with E-state index in [-0.39, 0.29) is 0 Å². The Balaban J connectivity index is 0.000000606. The largest absolute Gasteiger partial charge is 0.490 e. The van der Waals surface area contributed by atoms with Crippen LogP contribution < -0.4 is 10.1 Å². The van der Waals surface area contributed by atoms with Crippen LogP contribution in [0.25, 0.3) is 0 Å². The Hall–Kier alpha value is -1.23. The van der Waals surface area contributed by atoms with E-state index >= 15 is 0 Å². The van der Waals surface area contributed by atoms with E-state index in [9.17, 15) is 8.42 Å². The van der Waals surface area contributed by atoms with E-state index in [0.29, 0.717) is 23.8 Å². The number of hydrogen-bond donors (Lipinski definition) is 1. The van der Waals surface area contributed by atoms with Gasteiger partial charge in [-0.15, -0.1) is 0 Å². The van der Waals surface area contributed by atoms with Crippen molar-refractivity contribution in [1.82, 2.24) is 0 Å². The highest BCUT2D eigenvalue weighted by atomic mass is 32.2. The molecule has 0 radical (unpaired) electrons. The summed E-state index contributed by atoms with van der Waals surface area (Å²) in [4.78, 5) is 0.314. The van der Waals surface area contributed by atoms with Gasteiger partial charge in [-0.3, -0.25) is 0 Å². The van der Waals surface area contributed by atoms with Crippen LogP contribution in [0.1, 0.15) is 13.8 Å². The van der Waals surface area contributed by atoms with Gasteiger partial charge in [0.1, 0.15) is 12.4 Å². The van der Waals surface area contributed by atoms with Gasteiger partial charge in [-0.05, 0) is 18.2 Å². The van der Waals surface area contributed by atoms with Crippen LogP contribution in [0.4, 0.5) is 5.69 Å². The van der Waals surface area contributed by atoms with Crippen LogP contribution in [0.5, 0.6) is 5.75 Å². The number of rotatable bonds is 1. The van der Waals surface area contributed by atoms with Gasteiger partial charge in [0.15, 0.2) is 9.84 Å². The van der Waals surface area contributed by atoms with E-state index in [1.807, 2.05) is 13.8 Å². The molecule has 1 N–H and O–H groups in total. The van der Waals surface area contributed by atoms with Crippen molar-refractivity contribution in [2.75, 3.05) is 24.7 Å². The highest BCUT2D eigenvalue weighted by molar-refractivity contribution is 7.90. The summed E-state index contributed by atoms with van der Waals surface area (Å²) in [6.07, 6.45) is 1.19. The first-order valence-corrected chi connectivity index (χ1v) is 7.17. The predicted octanol–water partition coefficient (Wildman–Crippen LogP) is 1.92. The van der Waals surface area contributed by atoms with Crippen LogP contribution in [-0.2, 0) is 9.84 Å². The van der Waals surface area contributed by atoms with Crippen LogP contribution in [0.15, 0.2) is 23.1 Å². The van der Waals surface area contributed by atoms with Crippen molar-refractivity contribution in [2.45, 2.75) is 18.7 Å². The fraction of sp³-hybridized carbons (Fsp3) is 0.455. The van der Waals surface area contributed by atoms with Gasteiger partial charge in [-0.2, -0.15) is 0 Å². The number of hydrogen-bond acceptors (Lipinski definition) is 4. The summed E-state index contributed by atoms with van der Waals surface area (Å²) in [6, 6.07) is 4.84. The van der Waals surface area contributed by atoms with Crippen molar-refractivity contribution in [1.29, 1.82) is 0 Å². The van der Waals surface area contributed by atoms with E-state index in [0.717, 1.165) is 5.69 Å². The molecule has 2 rings (SSSR count). The van der Waals surface area contributed by atoms with Crippen molar-refractivity contribution < 1.29 is 13.2 Å². The molecule has 16 heavy (non-hydrogen) atoms. The maximum atomic E-state index is 11.3. The second-order valence-corrected chi connectivity index (χ2v) is 5.22. The zero-order valence-corrected chi connectivity index (χ0v) is 10.6. The van der Waals surface area contributed by atoms with Gasteiger partial charge in [0.05, 0.1) is 10.6 Å². The highest BCUT2D eigenvalue weighted by Gasteiger charge is 2.13. The van der Waals surface area contributed by atoms with E-state index in [2.05, 4.69) is 5.32 Å². The molecule has 4 nitrogen and oxygen atoms in total. The molecule has 1 aliphatic heterocycles. The van der Waals surface area contributed by atoms with Crippen molar-refractivity contribution in [3.63, 3.8) is 0 Å². The van der Waals surface area contributed by atoms with Crippen molar-refractivity contribution in [3.8, 4) is 5.75 Å². The molecule has 5 heteroatoms. The van der Waals surface area contributed by atoms with Gasteiger partial charge in [-0.25, -0.2) is 8.42 Å². The molecule has 90 valence electrons. The first kappa shape index (κ1) is 12.8. The van der Waals surface area contributed by atoms with Gasteiger partial charge >= 0.3 is 0 Å². The molecule has 1 aromatic rings. The van der Waals surface area contributed by atoms with Gasteiger partial charge < -0.3 is 10.1 Å². The third kappa shape index (κ3) is 2.88. The van der Waals surface area contributed by atoms with Crippen LogP contribution in [0.2, 0.25) is 0 Å². The molecule has 0 atom stereocenters. The molecule has 1 heterocycles. The maximum absolute atomic E-state index is 11.3. The van der Waals surface area contributed by atoms with Gasteiger partial charge in [0, 0.05) is 12.8 Å². The number of benzene rings is 1. The predicted molar refractivity (Wildman–Crippen MR) is 64.9 cm³/mol. The summed E-state index contributed by atoms with van der Waals surface area (Å²) in [5, 5.41) is 3.09. The summed E-state index contributed by atoms with van der Waals surface area (Å²) in [5.74, 6) is 0.712. The zero-order valence-electron chi connectivity index (χ0n) is 9.78. The second kappa shape index (κ2) is 5.21. The molecule has 0 fully saturated rings. The molecule has 1 aliphatic rings. The third-order valence-corrected chi connectivity index (χ3v) is 3.16. The number of sulfone groups is 1. The first-order valence-electron chi connectivity index (χ1n) is 5.28. The SMILES string of the molecule is CC.CS(=O)(=O)c1ccc2c(c1)NCCO2. The lowest BCUT2D eigenvalue weighted by atomic mass is 10.2. The van der Waals surface area contributed by atoms with Crippen LogP contribution in [0.3, 0.4) is 0 Å². The molecule has 0 saturated heterocycles. The van der Waals surface area contributed by atoms with Crippen molar-refractivity contribution >= 4 is 15.5 Å². The molecule has 0 spiro atoms. The zero-order chi connectivity index (χ0) is 12.2.